The fourth-order valence-electron chi connectivity index (χ4n) is 5.69. The number of nitrogens with zero attached hydrogens (tertiary/aromatic N) is 2. The van der Waals surface area contributed by atoms with Crippen molar-refractivity contribution >= 4 is 28.2 Å². The summed E-state index contributed by atoms with van der Waals surface area (Å²) in [6.07, 6.45) is 3.65. The third kappa shape index (κ3) is 4.81. The van der Waals surface area contributed by atoms with Gasteiger partial charge >= 0.3 is 0 Å². The van der Waals surface area contributed by atoms with Gasteiger partial charge in [-0.1, -0.05) is 115 Å². The van der Waals surface area contributed by atoms with Gasteiger partial charge in [0.2, 0.25) is 5.78 Å². The number of rotatable bonds is 8. The molecule has 0 bridgehead atoms. The Morgan fingerprint density at radius 3 is 1.76 bits per heavy atom. The number of benzene rings is 4. The molecule has 5 aromatic rings. The average molecular weight is 575 g/mol. The molecule has 4 aromatic carbocycles. The van der Waals surface area contributed by atoms with E-state index in [0.29, 0.717) is 22.5 Å². The minimum Gasteiger partial charge on any atom is -0.478 e. The van der Waals surface area contributed by atoms with Crippen molar-refractivity contribution in [2.75, 3.05) is 0 Å². The first-order valence-corrected chi connectivity index (χ1v) is 15.0. The maximum absolute atomic E-state index is 13.8. The highest BCUT2D eigenvalue weighted by atomic mass is 32.2. The third-order valence-electron chi connectivity index (χ3n) is 7.65. The van der Waals surface area contributed by atoms with Gasteiger partial charge < -0.3 is 9.29 Å². The maximum Gasteiger partial charge on any atom is 0.210 e. The lowest BCUT2D eigenvalue weighted by Crippen LogP contribution is -2.38. The number of carbonyl (C=O) groups excluding carboxylic acids is 1. The van der Waals surface area contributed by atoms with Crippen LogP contribution >= 0.6 is 0 Å². The highest BCUT2D eigenvalue weighted by Crippen LogP contribution is 2.44. The Balaban J connectivity index is 1.56. The van der Waals surface area contributed by atoms with Crippen molar-refractivity contribution in [1.82, 2.24) is 9.78 Å². The molecule has 1 aliphatic rings. The molecule has 7 heteroatoms. The van der Waals surface area contributed by atoms with Gasteiger partial charge in [-0.2, -0.15) is 5.10 Å². The standard InChI is InChI=1S/C35H30N2O4S/c1-34(2)33(38)31(32(41-34)26-20-18-25(19-21-26)24-42(39)40)27-22-36-37(23-27)35(28-12-6-3-7-13-28,29-14-8-4-9-15-29)30-16-10-5-11-17-30/h3-23H,24H2,1-2H3,(H,39,40). The smallest absolute Gasteiger partial charge is 0.210 e. The van der Waals surface area contributed by atoms with Gasteiger partial charge in [0.15, 0.2) is 16.7 Å². The van der Waals surface area contributed by atoms with Crippen molar-refractivity contribution in [3.63, 3.8) is 0 Å². The Morgan fingerprint density at radius 1 is 0.786 bits per heavy atom. The van der Waals surface area contributed by atoms with Crippen LogP contribution in [0.15, 0.2) is 128 Å². The van der Waals surface area contributed by atoms with Gasteiger partial charge in [0.05, 0.1) is 17.5 Å². The van der Waals surface area contributed by atoms with Crippen molar-refractivity contribution in [2.24, 2.45) is 0 Å². The van der Waals surface area contributed by atoms with E-state index >= 15 is 0 Å². The molecule has 0 radical (unpaired) electrons. The summed E-state index contributed by atoms with van der Waals surface area (Å²) in [5.41, 5.74) is 3.73. The molecule has 0 saturated heterocycles. The Bertz CT molecular complexity index is 1680. The molecule has 42 heavy (non-hydrogen) atoms. The number of ketones is 1. The Hall–Kier alpha value is -4.59. The van der Waals surface area contributed by atoms with Gasteiger partial charge in [0.1, 0.15) is 11.3 Å². The lowest BCUT2D eigenvalue weighted by Gasteiger charge is -2.36. The molecule has 2 heterocycles. The van der Waals surface area contributed by atoms with Gasteiger partial charge in [-0.25, -0.2) is 4.21 Å². The molecule has 6 rings (SSSR count). The predicted molar refractivity (Wildman–Crippen MR) is 165 cm³/mol. The van der Waals surface area contributed by atoms with Crippen molar-refractivity contribution in [3.8, 4) is 0 Å². The Kier molecular flexibility index (Phi) is 7.22. The third-order valence-corrected chi connectivity index (χ3v) is 8.23. The zero-order chi connectivity index (χ0) is 29.3. The van der Waals surface area contributed by atoms with Crippen LogP contribution in [-0.2, 0) is 31.9 Å². The highest BCUT2D eigenvalue weighted by Gasteiger charge is 2.45. The topological polar surface area (TPSA) is 81.4 Å². The van der Waals surface area contributed by atoms with E-state index in [0.717, 1.165) is 22.3 Å². The highest BCUT2D eigenvalue weighted by molar-refractivity contribution is 7.78. The number of carbonyl (C=O) groups is 1. The number of Topliss-reactive ketones (excluding diaryl/α,β-unsaturated/α-hetero) is 1. The maximum atomic E-state index is 13.8. The van der Waals surface area contributed by atoms with E-state index in [9.17, 15) is 13.6 Å². The van der Waals surface area contributed by atoms with E-state index < -0.39 is 22.2 Å². The molecule has 1 unspecified atom stereocenters. The second-order valence-electron chi connectivity index (χ2n) is 10.8. The van der Waals surface area contributed by atoms with Crippen molar-refractivity contribution in [1.29, 1.82) is 0 Å². The van der Waals surface area contributed by atoms with Crippen LogP contribution in [-0.4, -0.2) is 29.9 Å². The normalized spacial score (nSPS) is 15.5. The van der Waals surface area contributed by atoms with Crippen LogP contribution in [0.25, 0.3) is 11.3 Å². The van der Waals surface area contributed by atoms with Crippen LogP contribution in [0.5, 0.6) is 0 Å². The molecule has 1 atom stereocenters. The molecule has 210 valence electrons. The van der Waals surface area contributed by atoms with E-state index in [1.54, 1.807) is 32.2 Å². The van der Waals surface area contributed by atoms with Crippen molar-refractivity contribution in [3.05, 3.63) is 161 Å². The van der Waals surface area contributed by atoms with Crippen LogP contribution < -0.4 is 0 Å². The number of hydrogen-bond acceptors (Lipinski definition) is 4. The molecule has 1 aliphatic heterocycles. The predicted octanol–water partition coefficient (Wildman–Crippen LogP) is 6.69. The molecular weight excluding hydrogens is 544 g/mol. The SMILES string of the molecule is CC1(C)OC(c2ccc(CS(=O)O)cc2)=C(c2cnn(C(c3ccccc3)(c3ccccc3)c3ccccc3)c2)C1=O. The quantitative estimate of drug-likeness (QED) is 0.165. The Labute approximate surface area is 247 Å². The fraction of sp³-hybridized carbons (Fsp3) is 0.143. The summed E-state index contributed by atoms with van der Waals surface area (Å²) in [5, 5.41) is 4.93. The summed E-state index contributed by atoms with van der Waals surface area (Å²) in [4.78, 5) is 13.8. The first-order valence-electron chi connectivity index (χ1n) is 13.7. The van der Waals surface area contributed by atoms with Crippen LogP contribution in [0.3, 0.4) is 0 Å². The minimum absolute atomic E-state index is 0.0325. The molecule has 0 spiro atoms. The molecule has 0 aliphatic carbocycles. The van der Waals surface area contributed by atoms with Crippen molar-refractivity contribution in [2.45, 2.75) is 30.7 Å². The summed E-state index contributed by atoms with van der Waals surface area (Å²) in [5.74, 6) is 0.360. The van der Waals surface area contributed by atoms with E-state index in [2.05, 4.69) is 36.4 Å². The lowest BCUT2D eigenvalue weighted by molar-refractivity contribution is -0.125. The first-order chi connectivity index (χ1) is 20.3. The zero-order valence-electron chi connectivity index (χ0n) is 23.3. The number of ether oxygens (including phenoxy) is 1. The molecule has 1 aromatic heterocycles. The van der Waals surface area contributed by atoms with E-state index in [1.165, 1.54) is 0 Å². The van der Waals surface area contributed by atoms with Gasteiger partial charge in [0.25, 0.3) is 0 Å². The lowest BCUT2D eigenvalue weighted by atomic mass is 9.77. The molecular formula is C35H30N2O4S. The first kappa shape index (κ1) is 27.6. The van der Waals surface area contributed by atoms with Gasteiger partial charge in [-0.3, -0.25) is 9.48 Å². The average Bonchev–Trinajstić information content (AvgIpc) is 3.57. The van der Waals surface area contributed by atoms with Crippen LogP contribution in [0.1, 0.15) is 47.2 Å². The van der Waals surface area contributed by atoms with Crippen LogP contribution in [0.4, 0.5) is 0 Å². The molecule has 0 amide bonds. The Morgan fingerprint density at radius 2 is 1.29 bits per heavy atom. The summed E-state index contributed by atoms with van der Waals surface area (Å²) < 4.78 is 28.8. The van der Waals surface area contributed by atoms with Gasteiger partial charge in [0, 0.05) is 17.3 Å². The van der Waals surface area contributed by atoms with Crippen LogP contribution in [0, 0.1) is 0 Å². The van der Waals surface area contributed by atoms with E-state index in [4.69, 9.17) is 9.84 Å². The second kappa shape index (κ2) is 11.0. The largest absolute Gasteiger partial charge is 0.478 e. The minimum atomic E-state index is -1.94. The summed E-state index contributed by atoms with van der Waals surface area (Å²) in [6, 6.07) is 37.9. The number of hydrogen-bond donors (Lipinski definition) is 1. The van der Waals surface area contributed by atoms with E-state index in [-0.39, 0.29) is 11.5 Å². The van der Waals surface area contributed by atoms with Crippen molar-refractivity contribution < 1.29 is 18.3 Å². The summed E-state index contributed by atoms with van der Waals surface area (Å²) in [7, 11) is 0. The van der Waals surface area contributed by atoms with Crippen LogP contribution in [0.2, 0.25) is 0 Å². The summed E-state index contributed by atoms with van der Waals surface area (Å²) in [6.45, 7) is 3.52. The van der Waals surface area contributed by atoms with Gasteiger partial charge in [-0.15, -0.1) is 0 Å². The zero-order valence-corrected chi connectivity index (χ0v) is 24.1. The monoisotopic (exact) mass is 574 g/mol. The summed E-state index contributed by atoms with van der Waals surface area (Å²) >= 11 is -1.94. The molecule has 6 nitrogen and oxygen atoms in total. The van der Waals surface area contributed by atoms with E-state index in [1.807, 2.05) is 77.6 Å². The van der Waals surface area contributed by atoms with Gasteiger partial charge in [-0.05, 0) is 36.1 Å². The molecule has 0 saturated carbocycles. The fourth-order valence-corrected chi connectivity index (χ4v) is 6.16. The second-order valence-corrected chi connectivity index (χ2v) is 11.7. The molecule has 0 fully saturated rings. The number of aromatic nitrogens is 2. The molecule has 1 N–H and O–H groups in total.